The number of aromatic nitrogens is 1. The first-order valence-corrected chi connectivity index (χ1v) is 6.81. The number of esters is 1. The van der Waals surface area contributed by atoms with Crippen LogP contribution < -0.4 is 0 Å². The van der Waals surface area contributed by atoms with Gasteiger partial charge in [-0.1, -0.05) is 18.2 Å². The number of benzene rings is 1. The van der Waals surface area contributed by atoms with Gasteiger partial charge in [-0.05, 0) is 23.3 Å². The van der Waals surface area contributed by atoms with Crippen molar-refractivity contribution in [3.63, 3.8) is 0 Å². The molecule has 4 nitrogen and oxygen atoms in total. The van der Waals surface area contributed by atoms with Crippen molar-refractivity contribution >= 4 is 11.8 Å². The molecular formula is C16H12F3NO3. The van der Waals surface area contributed by atoms with E-state index in [1.165, 1.54) is 30.5 Å². The molecule has 0 aliphatic heterocycles. The minimum absolute atomic E-state index is 0.109. The second kappa shape index (κ2) is 5.26. The van der Waals surface area contributed by atoms with E-state index in [1.54, 1.807) is 0 Å². The van der Waals surface area contributed by atoms with Gasteiger partial charge in [0.1, 0.15) is 5.92 Å². The summed E-state index contributed by atoms with van der Waals surface area (Å²) >= 11 is 0. The molecule has 1 aromatic heterocycles. The molecular weight excluding hydrogens is 311 g/mol. The second-order valence-corrected chi connectivity index (χ2v) is 5.24. The van der Waals surface area contributed by atoms with Crippen molar-refractivity contribution in [2.75, 3.05) is 7.11 Å². The van der Waals surface area contributed by atoms with Crippen molar-refractivity contribution in [1.29, 1.82) is 0 Å². The number of Topliss-reactive ketones (excluding diaryl/α,β-unsaturated/α-hetero) is 1. The molecule has 0 spiro atoms. The Bertz CT molecular complexity index is 779. The van der Waals surface area contributed by atoms with Gasteiger partial charge in [0.05, 0.1) is 18.4 Å². The Kier molecular flexibility index (Phi) is 3.50. The lowest BCUT2D eigenvalue weighted by Crippen LogP contribution is -2.27. The Morgan fingerprint density at radius 2 is 1.87 bits per heavy atom. The SMILES string of the molecule is COC(=O)[C@@H]1C(=O)c2[nH]ccc2[C@H]1c1ccccc1C(F)(F)F. The highest BCUT2D eigenvalue weighted by molar-refractivity contribution is 6.12. The topological polar surface area (TPSA) is 59.2 Å². The largest absolute Gasteiger partial charge is 0.468 e. The summed E-state index contributed by atoms with van der Waals surface area (Å²) in [6.07, 6.45) is -3.11. The summed E-state index contributed by atoms with van der Waals surface area (Å²) in [6, 6.07) is 6.48. The van der Waals surface area contributed by atoms with E-state index in [1.807, 2.05) is 0 Å². The van der Waals surface area contributed by atoms with Crippen LogP contribution in [0.5, 0.6) is 0 Å². The van der Waals surface area contributed by atoms with Crippen LogP contribution in [-0.2, 0) is 15.7 Å². The van der Waals surface area contributed by atoms with Crippen LogP contribution in [0.25, 0.3) is 0 Å². The predicted molar refractivity (Wildman–Crippen MR) is 73.9 cm³/mol. The molecule has 1 aliphatic rings. The first-order chi connectivity index (χ1) is 10.9. The number of methoxy groups -OCH3 is 1. The van der Waals surface area contributed by atoms with Gasteiger partial charge >= 0.3 is 12.1 Å². The number of fused-ring (bicyclic) bond motifs is 1. The van der Waals surface area contributed by atoms with Crippen LogP contribution >= 0.6 is 0 Å². The van der Waals surface area contributed by atoms with Gasteiger partial charge in [-0.15, -0.1) is 0 Å². The first-order valence-electron chi connectivity index (χ1n) is 6.81. The molecule has 1 heterocycles. The smallest absolute Gasteiger partial charge is 0.416 e. The van der Waals surface area contributed by atoms with Crippen molar-refractivity contribution in [2.45, 2.75) is 12.1 Å². The maximum atomic E-state index is 13.3. The molecule has 120 valence electrons. The number of alkyl halides is 3. The summed E-state index contributed by atoms with van der Waals surface area (Å²) in [4.78, 5) is 27.1. The van der Waals surface area contributed by atoms with Crippen LogP contribution in [-0.4, -0.2) is 23.8 Å². The van der Waals surface area contributed by atoms with Crippen molar-refractivity contribution in [3.8, 4) is 0 Å². The predicted octanol–water partition coefficient (Wildman–Crippen LogP) is 3.15. The normalized spacial score (nSPS) is 20.4. The molecule has 0 amide bonds. The Hall–Kier alpha value is -2.57. The van der Waals surface area contributed by atoms with Crippen LogP contribution in [0.4, 0.5) is 13.2 Å². The number of hydrogen-bond acceptors (Lipinski definition) is 3. The first kappa shape index (κ1) is 15.3. The van der Waals surface area contributed by atoms with Crippen LogP contribution in [0.1, 0.15) is 33.1 Å². The number of carbonyl (C=O) groups excluding carboxylic acids is 2. The quantitative estimate of drug-likeness (QED) is 0.682. The van der Waals surface area contributed by atoms with Gasteiger partial charge in [-0.25, -0.2) is 0 Å². The summed E-state index contributed by atoms with van der Waals surface area (Å²) in [5, 5.41) is 0. The Balaban J connectivity index is 2.21. The molecule has 1 N–H and O–H groups in total. The number of ketones is 1. The van der Waals surface area contributed by atoms with E-state index >= 15 is 0 Å². The molecule has 0 bridgehead atoms. The highest BCUT2D eigenvalue weighted by Gasteiger charge is 2.49. The lowest BCUT2D eigenvalue weighted by Gasteiger charge is -2.21. The number of halogens is 3. The van der Waals surface area contributed by atoms with Crippen molar-refractivity contribution in [2.24, 2.45) is 5.92 Å². The lowest BCUT2D eigenvalue weighted by atomic mass is 9.83. The van der Waals surface area contributed by atoms with E-state index in [0.717, 1.165) is 13.2 Å². The van der Waals surface area contributed by atoms with Crippen molar-refractivity contribution in [3.05, 3.63) is 58.9 Å². The van der Waals surface area contributed by atoms with Gasteiger partial charge in [0.15, 0.2) is 5.78 Å². The van der Waals surface area contributed by atoms with E-state index in [2.05, 4.69) is 9.72 Å². The summed E-state index contributed by atoms with van der Waals surface area (Å²) in [5.41, 5.74) is -0.438. The highest BCUT2D eigenvalue weighted by Crippen LogP contribution is 2.46. The van der Waals surface area contributed by atoms with Crippen LogP contribution in [0.15, 0.2) is 36.5 Å². The van der Waals surface area contributed by atoms with E-state index in [9.17, 15) is 22.8 Å². The third kappa shape index (κ3) is 2.32. The minimum atomic E-state index is -4.58. The molecule has 0 saturated carbocycles. The lowest BCUT2D eigenvalue weighted by molar-refractivity contribution is -0.145. The van der Waals surface area contributed by atoms with Gasteiger partial charge in [-0.2, -0.15) is 13.2 Å². The number of hydrogen-bond donors (Lipinski definition) is 1. The molecule has 0 unspecified atom stereocenters. The summed E-state index contributed by atoms with van der Waals surface area (Å²) in [6.45, 7) is 0. The third-order valence-electron chi connectivity index (χ3n) is 4.03. The molecule has 23 heavy (non-hydrogen) atoms. The molecule has 0 fully saturated rings. The Morgan fingerprint density at radius 3 is 2.52 bits per heavy atom. The second-order valence-electron chi connectivity index (χ2n) is 5.24. The average molecular weight is 323 g/mol. The number of nitrogens with one attached hydrogen (secondary N) is 1. The van der Waals surface area contributed by atoms with Crippen LogP contribution in [0, 0.1) is 5.92 Å². The molecule has 1 aliphatic carbocycles. The van der Waals surface area contributed by atoms with E-state index in [0.29, 0.717) is 5.56 Å². The fraction of sp³-hybridized carbons (Fsp3) is 0.250. The standard InChI is InChI=1S/C16H12F3NO3/c1-23-15(22)12-11(9-6-7-20-13(9)14(12)21)8-4-2-3-5-10(8)16(17,18)19/h2-7,11-12,20H,1H3/t11-,12+/m1/s1. The maximum absolute atomic E-state index is 13.3. The van der Waals surface area contributed by atoms with E-state index in [4.69, 9.17) is 0 Å². The zero-order chi connectivity index (χ0) is 16.8. The number of rotatable bonds is 2. The summed E-state index contributed by atoms with van der Waals surface area (Å²) in [7, 11) is 1.11. The molecule has 0 saturated heterocycles. The molecule has 3 rings (SSSR count). The minimum Gasteiger partial charge on any atom is -0.468 e. The van der Waals surface area contributed by atoms with Crippen molar-refractivity contribution in [1.82, 2.24) is 4.98 Å². The molecule has 2 atom stereocenters. The van der Waals surface area contributed by atoms with Crippen molar-refractivity contribution < 1.29 is 27.5 Å². The molecule has 0 radical (unpaired) electrons. The van der Waals surface area contributed by atoms with Gasteiger partial charge in [-0.3, -0.25) is 9.59 Å². The fourth-order valence-electron chi connectivity index (χ4n) is 3.08. The highest BCUT2D eigenvalue weighted by atomic mass is 19.4. The van der Waals surface area contributed by atoms with Gasteiger partial charge in [0.2, 0.25) is 0 Å². The number of ether oxygens (including phenoxy) is 1. The summed E-state index contributed by atoms with van der Waals surface area (Å²) in [5.74, 6) is -3.74. The molecule has 2 aromatic rings. The van der Waals surface area contributed by atoms with Gasteiger partial charge < -0.3 is 9.72 Å². The monoisotopic (exact) mass is 323 g/mol. The fourth-order valence-corrected chi connectivity index (χ4v) is 3.08. The van der Waals surface area contributed by atoms with Crippen LogP contribution in [0.3, 0.4) is 0 Å². The summed E-state index contributed by atoms with van der Waals surface area (Å²) < 4.78 is 44.5. The van der Waals surface area contributed by atoms with Gasteiger partial charge in [0, 0.05) is 12.1 Å². The Morgan fingerprint density at radius 1 is 1.17 bits per heavy atom. The zero-order valence-corrected chi connectivity index (χ0v) is 12.0. The number of aromatic amines is 1. The maximum Gasteiger partial charge on any atom is 0.416 e. The zero-order valence-electron chi connectivity index (χ0n) is 12.0. The molecule has 1 aromatic carbocycles. The average Bonchev–Trinajstić information content (AvgIpc) is 3.08. The number of H-pyrrole nitrogens is 1. The van der Waals surface area contributed by atoms with E-state index in [-0.39, 0.29) is 11.3 Å². The Labute approximate surface area is 129 Å². The van der Waals surface area contributed by atoms with E-state index < -0.39 is 35.3 Å². The number of carbonyl (C=O) groups is 2. The third-order valence-corrected chi connectivity index (χ3v) is 4.03. The van der Waals surface area contributed by atoms with Crippen LogP contribution in [0.2, 0.25) is 0 Å². The molecule has 7 heteroatoms. The van der Waals surface area contributed by atoms with Gasteiger partial charge in [0.25, 0.3) is 0 Å².